The van der Waals surface area contributed by atoms with Gasteiger partial charge in [-0.1, -0.05) is 25.4 Å². The zero-order chi connectivity index (χ0) is 14.6. The van der Waals surface area contributed by atoms with Crippen molar-refractivity contribution >= 4 is 23.5 Å². The molecule has 1 rings (SSSR count). The van der Waals surface area contributed by atoms with Gasteiger partial charge in [0.1, 0.15) is 6.04 Å². The van der Waals surface area contributed by atoms with Gasteiger partial charge in [0.25, 0.3) is 5.91 Å². The fraction of sp³-hybridized carbons (Fsp3) is 0.429. The summed E-state index contributed by atoms with van der Waals surface area (Å²) in [6.07, 6.45) is 0.397. The first-order valence-electron chi connectivity index (χ1n) is 6.11. The molecule has 0 aromatic heterocycles. The monoisotopic (exact) mass is 283 g/mol. The Hall–Kier alpha value is -1.55. The molecule has 1 aromatic carbocycles. The molecule has 1 unspecified atom stereocenters. The molecule has 0 aliphatic rings. The van der Waals surface area contributed by atoms with Crippen molar-refractivity contribution in [1.29, 1.82) is 0 Å². The minimum Gasteiger partial charge on any atom is -0.480 e. The van der Waals surface area contributed by atoms with Crippen LogP contribution in [0.25, 0.3) is 0 Å². The van der Waals surface area contributed by atoms with Gasteiger partial charge in [0.05, 0.1) is 0 Å². The largest absolute Gasteiger partial charge is 0.480 e. The molecule has 0 fully saturated rings. The van der Waals surface area contributed by atoms with Crippen LogP contribution >= 0.6 is 11.6 Å². The molecule has 19 heavy (non-hydrogen) atoms. The summed E-state index contributed by atoms with van der Waals surface area (Å²) in [5, 5.41) is 12.2. The summed E-state index contributed by atoms with van der Waals surface area (Å²) in [5.74, 6) is -1.22. The van der Waals surface area contributed by atoms with Gasteiger partial charge in [0, 0.05) is 10.6 Å². The molecule has 0 saturated carbocycles. The number of hydrogen-bond donors (Lipinski definition) is 2. The Labute approximate surface area is 117 Å². The van der Waals surface area contributed by atoms with E-state index in [1.165, 1.54) is 0 Å². The number of nitrogens with one attached hydrogen (secondary N) is 1. The fourth-order valence-electron chi connectivity index (χ4n) is 1.81. The van der Waals surface area contributed by atoms with E-state index >= 15 is 0 Å². The number of carbonyl (C=O) groups is 2. The van der Waals surface area contributed by atoms with Crippen LogP contribution < -0.4 is 5.32 Å². The molecule has 2 N–H and O–H groups in total. The Bertz CT molecular complexity index is 486. The Morgan fingerprint density at radius 3 is 2.47 bits per heavy atom. The first kappa shape index (κ1) is 15.5. The number of aliphatic carboxylic acids is 1. The van der Waals surface area contributed by atoms with Crippen molar-refractivity contribution in [3.63, 3.8) is 0 Å². The smallest absolute Gasteiger partial charge is 0.326 e. The number of hydrogen-bond acceptors (Lipinski definition) is 2. The minimum atomic E-state index is -1.02. The average molecular weight is 284 g/mol. The quantitative estimate of drug-likeness (QED) is 0.873. The van der Waals surface area contributed by atoms with Crippen LogP contribution in [0.2, 0.25) is 5.02 Å². The first-order valence-corrected chi connectivity index (χ1v) is 6.49. The molecule has 0 spiro atoms. The van der Waals surface area contributed by atoms with E-state index in [2.05, 4.69) is 5.32 Å². The van der Waals surface area contributed by atoms with Gasteiger partial charge < -0.3 is 10.4 Å². The Kier molecular flexibility index (Phi) is 5.36. The summed E-state index contributed by atoms with van der Waals surface area (Å²) in [4.78, 5) is 23.2. The lowest BCUT2D eigenvalue weighted by Gasteiger charge is -2.17. The summed E-state index contributed by atoms with van der Waals surface area (Å²) in [7, 11) is 0. The topological polar surface area (TPSA) is 66.4 Å². The highest BCUT2D eigenvalue weighted by atomic mass is 35.5. The van der Waals surface area contributed by atoms with Gasteiger partial charge in [-0.2, -0.15) is 0 Å². The van der Waals surface area contributed by atoms with E-state index in [4.69, 9.17) is 16.7 Å². The van der Waals surface area contributed by atoms with Crippen molar-refractivity contribution < 1.29 is 14.7 Å². The second kappa shape index (κ2) is 6.57. The van der Waals surface area contributed by atoms with Crippen molar-refractivity contribution in [3.05, 3.63) is 34.3 Å². The van der Waals surface area contributed by atoms with Crippen LogP contribution in [0, 0.1) is 12.8 Å². The number of carbonyl (C=O) groups excluding carboxylic acids is 1. The van der Waals surface area contributed by atoms with Crippen molar-refractivity contribution in [2.24, 2.45) is 5.92 Å². The number of halogens is 1. The third kappa shape index (κ3) is 4.56. The van der Waals surface area contributed by atoms with Gasteiger partial charge in [0.15, 0.2) is 0 Å². The highest BCUT2D eigenvalue weighted by molar-refractivity contribution is 6.30. The number of carboxylic acid groups (broad SMARTS) is 1. The number of rotatable bonds is 5. The number of aryl methyl sites for hydroxylation is 1. The van der Waals surface area contributed by atoms with E-state index < -0.39 is 12.0 Å². The molecule has 0 radical (unpaired) electrons. The van der Waals surface area contributed by atoms with Gasteiger partial charge in [-0.25, -0.2) is 4.79 Å². The van der Waals surface area contributed by atoms with Crippen molar-refractivity contribution in [1.82, 2.24) is 5.32 Å². The van der Waals surface area contributed by atoms with E-state index in [1.807, 2.05) is 13.8 Å². The molecule has 0 saturated heterocycles. The number of carboxylic acids is 1. The van der Waals surface area contributed by atoms with Gasteiger partial charge in [-0.15, -0.1) is 0 Å². The molecular formula is C14H18ClNO3. The van der Waals surface area contributed by atoms with Crippen LogP contribution in [0.3, 0.4) is 0 Å². The second-order valence-corrected chi connectivity index (χ2v) is 5.39. The van der Waals surface area contributed by atoms with Gasteiger partial charge >= 0.3 is 5.97 Å². The lowest BCUT2D eigenvalue weighted by atomic mass is 10.0. The standard InChI is InChI=1S/C14H18ClNO3/c1-8(2)6-12(14(18)19)16-13(17)11-5-4-10(15)7-9(11)3/h4-5,7-8,12H,6H2,1-3H3,(H,16,17)(H,18,19). The van der Waals surface area contributed by atoms with Gasteiger partial charge in [-0.3, -0.25) is 4.79 Å². The molecule has 0 aliphatic heterocycles. The summed E-state index contributed by atoms with van der Waals surface area (Å²) in [6.45, 7) is 5.59. The molecule has 1 atom stereocenters. The molecule has 0 aliphatic carbocycles. The molecule has 104 valence electrons. The summed E-state index contributed by atoms with van der Waals surface area (Å²) < 4.78 is 0. The summed E-state index contributed by atoms with van der Waals surface area (Å²) >= 11 is 5.82. The maximum Gasteiger partial charge on any atom is 0.326 e. The summed E-state index contributed by atoms with van der Waals surface area (Å²) in [5.41, 5.74) is 1.16. The van der Waals surface area contributed by atoms with E-state index in [9.17, 15) is 9.59 Å². The molecule has 0 heterocycles. The highest BCUT2D eigenvalue weighted by Crippen LogP contribution is 2.15. The van der Waals surface area contributed by atoms with Crippen LogP contribution in [0.1, 0.15) is 36.2 Å². The van der Waals surface area contributed by atoms with E-state index in [1.54, 1.807) is 25.1 Å². The highest BCUT2D eigenvalue weighted by Gasteiger charge is 2.22. The van der Waals surface area contributed by atoms with Gasteiger partial charge in [-0.05, 0) is 43.0 Å². The first-order chi connectivity index (χ1) is 8.81. The second-order valence-electron chi connectivity index (χ2n) is 4.95. The van der Waals surface area contributed by atoms with E-state index in [0.717, 1.165) is 5.56 Å². The molecule has 1 amide bonds. The number of amides is 1. The fourth-order valence-corrected chi connectivity index (χ4v) is 2.04. The molecule has 0 bridgehead atoms. The normalized spacial score (nSPS) is 12.3. The SMILES string of the molecule is Cc1cc(Cl)ccc1C(=O)NC(CC(C)C)C(=O)O. The average Bonchev–Trinajstić information content (AvgIpc) is 2.26. The minimum absolute atomic E-state index is 0.188. The Morgan fingerprint density at radius 1 is 1.37 bits per heavy atom. The lowest BCUT2D eigenvalue weighted by molar-refractivity contribution is -0.139. The molecule has 1 aromatic rings. The zero-order valence-corrected chi connectivity index (χ0v) is 12.0. The predicted octanol–water partition coefficient (Wildman–Crippen LogP) is 2.88. The van der Waals surface area contributed by atoms with Gasteiger partial charge in [0.2, 0.25) is 0 Å². The van der Waals surface area contributed by atoms with Crippen LogP contribution in [-0.2, 0) is 4.79 Å². The molecular weight excluding hydrogens is 266 g/mol. The summed E-state index contributed by atoms with van der Waals surface area (Å²) in [6, 6.07) is 4.01. The zero-order valence-electron chi connectivity index (χ0n) is 11.2. The van der Waals surface area contributed by atoms with E-state index in [-0.39, 0.29) is 11.8 Å². The molecule has 5 heteroatoms. The maximum absolute atomic E-state index is 12.1. The maximum atomic E-state index is 12.1. The van der Waals surface area contributed by atoms with E-state index in [0.29, 0.717) is 17.0 Å². The third-order valence-corrected chi connectivity index (χ3v) is 2.98. The van der Waals surface area contributed by atoms with Crippen molar-refractivity contribution in [3.8, 4) is 0 Å². The van der Waals surface area contributed by atoms with Crippen LogP contribution in [-0.4, -0.2) is 23.0 Å². The Morgan fingerprint density at radius 2 is 2.00 bits per heavy atom. The van der Waals surface area contributed by atoms with Crippen molar-refractivity contribution in [2.75, 3.05) is 0 Å². The van der Waals surface area contributed by atoms with Crippen LogP contribution in [0.4, 0.5) is 0 Å². The van der Waals surface area contributed by atoms with Crippen LogP contribution in [0.5, 0.6) is 0 Å². The predicted molar refractivity (Wildman–Crippen MR) is 74.5 cm³/mol. The molecule has 4 nitrogen and oxygen atoms in total. The number of benzene rings is 1. The lowest BCUT2D eigenvalue weighted by Crippen LogP contribution is -2.41. The Balaban J connectivity index is 2.84. The van der Waals surface area contributed by atoms with Crippen molar-refractivity contribution in [2.45, 2.75) is 33.2 Å². The third-order valence-electron chi connectivity index (χ3n) is 2.74. The van der Waals surface area contributed by atoms with Crippen LogP contribution in [0.15, 0.2) is 18.2 Å².